The van der Waals surface area contributed by atoms with E-state index in [9.17, 15) is 4.79 Å². The highest BCUT2D eigenvalue weighted by Gasteiger charge is 2.22. The van der Waals surface area contributed by atoms with E-state index in [-0.39, 0.29) is 18.5 Å². The number of rotatable bonds is 4. The molecule has 7 nitrogen and oxygen atoms in total. The fourth-order valence-electron chi connectivity index (χ4n) is 1.72. The Morgan fingerprint density at radius 2 is 2.41 bits per heavy atom. The summed E-state index contributed by atoms with van der Waals surface area (Å²) in [5.74, 6) is 0.531. The van der Waals surface area contributed by atoms with Gasteiger partial charge in [0.1, 0.15) is 6.54 Å². The summed E-state index contributed by atoms with van der Waals surface area (Å²) in [7, 11) is 0. The first-order valence-electron chi connectivity index (χ1n) is 5.79. The number of hydrogen-bond donors (Lipinski definition) is 2. The summed E-state index contributed by atoms with van der Waals surface area (Å²) >= 11 is 0. The van der Waals surface area contributed by atoms with Gasteiger partial charge in [-0.05, 0) is 13.5 Å². The van der Waals surface area contributed by atoms with Crippen molar-refractivity contribution in [3.05, 3.63) is 5.89 Å². The predicted molar refractivity (Wildman–Crippen MR) is 61.6 cm³/mol. The average Bonchev–Trinajstić information content (AvgIpc) is 2.78. The maximum Gasteiger partial charge on any atom is 0.318 e. The van der Waals surface area contributed by atoms with Gasteiger partial charge in [0.05, 0.1) is 6.04 Å². The number of nitrogens with zero attached hydrogens (tertiary/aromatic N) is 3. The summed E-state index contributed by atoms with van der Waals surface area (Å²) in [5.41, 5.74) is 0. The summed E-state index contributed by atoms with van der Waals surface area (Å²) in [6.45, 7) is 6.40. The van der Waals surface area contributed by atoms with Crippen molar-refractivity contribution in [1.82, 2.24) is 20.8 Å². The van der Waals surface area contributed by atoms with Crippen LogP contribution in [-0.4, -0.2) is 42.3 Å². The van der Waals surface area contributed by atoms with Gasteiger partial charge in [-0.25, -0.2) is 0 Å². The third kappa shape index (κ3) is 2.73. The first kappa shape index (κ1) is 11.8. The van der Waals surface area contributed by atoms with E-state index in [1.54, 1.807) is 4.90 Å². The average molecular weight is 239 g/mol. The number of hydrogen-bond acceptors (Lipinski definition) is 6. The number of aromatic nitrogens is 2. The Hall–Kier alpha value is -1.63. The van der Waals surface area contributed by atoms with E-state index in [4.69, 9.17) is 4.42 Å². The summed E-state index contributed by atoms with van der Waals surface area (Å²) in [4.78, 5) is 13.0. The van der Waals surface area contributed by atoms with Crippen molar-refractivity contribution in [2.75, 3.05) is 31.1 Å². The molecule has 94 valence electrons. The number of nitrogens with one attached hydrogen (secondary N) is 2. The zero-order chi connectivity index (χ0) is 12.3. The highest BCUT2D eigenvalue weighted by molar-refractivity contribution is 5.81. The maximum absolute atomic E-state index is 11.2. The molecule has 2 N–H and O–H groups in total. The molecule has 7 heteroatoms. The van der Waals surface area contributed by atoms with Crippen LogP contribution in [0.3, 0.4) is 0 Å². The number of carbonyl (C=O) groups excluding carboxylic acids is 1. The van der Waals surface area contributed by atoms with E-state index < -0.39 is 0 Å². The van der Waals surface area contributed by atoms with Gasteiger partial charge in [-0.15, -0.1) is 5.10 Å². The zero-order valence-corrected chi connectivity index (χ0v) is 10.1. The molecule has 0 aromatic carbocycles. The lowest BCUT2D eigenvalue weighted by Crippen LogP contribution is -2.47. The minimum Gasteiger partial charge on any atom is -0.406 e. The molecule has 2 heterocycles. The van der Waals surface area contributed by atoms with Gasteiger partial charge in [0.25, 0.3) is 0 Å². The van der Waals surface area contributed by atoms with Crippen LogP contribution in [0.25, 0.3) is 0 Å². The molecule has 1 unspecified atom stereocenters. The van der Waals surface area contributed by atoms with Crippen molar-refractivity contribution in [2.45, 2.75) is 19.9 Å². The van der Waals surface area contributed by atoms with Crippen LogP contribution in [0.15, 0.2) is 4.42 Å². The Morgan fingerprint density at radius 1 is 1.59 bits per heavy atom. The molecule has 1 aromatic heterocycles. The van der Waals surface area contributed by atoms with E-state index in [0.29, 0.717) is 25.0 Å². The Bertz CT molecular complexity index is 392. The van der Waals surface area contributed by atoms with E-state index in [1.807, 2.05) is 13.8 Å². The molecule has 0 bridgehead atoms. The SMILES string of the molecule is CCNC(C)c1nnc(N2CCNC(=O)C2)o1. The summed E-state index contributed by atoms with van der Waals surface area (Å²) in [6.07, 6.45) is 0. The van der Waals surface area contributed by atoms with Crippen molar-refractivity contribution < 1.29 is 9.21 Å². The summed E-state index contributed by atoms with van der Waals surface area (Å²) < 4.78 is 5.55. The second-order valence-corrected chi connectivity index (χ2v) is 3.97. The molecule has 0 spiro atoms. The van der Waals surface area contributed by atoms with Gasteiger partial charge in [-0.1, -0.05) is 12.0 Å². The number of piperazine rings is 1. The van der Waals surface area contributed by atoms with Crippen molar-refractivity contribution in [3.63, 3.8) is 0 Å². The number of amides is 1. The number of carbonyl (C=O) groups is 1. The molecular formula is C10H17N5O2. The Morgan fingerprint density at radius 3 is 3.12 bits per heavy atom. The van der Waals surface area contributed by atoms with E-state index >= 15 is 0 Å². The Labute approximate surface area is 99.6 Å². The van der Waals surface area contributed by atoms with Crippen LogP contribution >= 0.6 is 0 Å². The maximum atomic E-state index is 11.2. The van der Waals surface area contributed by atoms with Crippen molar-refractivity contribution in [1.29, 1.82) is 0 Å². The second kappa shape index (κ2) is 5.13. The molecule has 1 atom stereocenters. The van der Waals surface area contributed by atoms with Crippen LogP contribution in [0.4, 0.5) is 6.01 Å². The molecule has 0 aliphatic carbocycles. The zero-order valence-electron chi connectivity index (χ0n) is 10.1. The molecule has 0 radical (unpaired) electrons. The first-order valence-corrected chi connectivity index (χ1v) is 5.79. The van der Waals surface area contributed by atoms with Gasteiger partial charge < -0.3 is 20.0 Å². The van der Waals surface area contributed by atoms with Crippen LogP contribution < -0.4 is 15.5 Å². The smallest absolute Gasteiger partial charge is 0.318 e. The van der Waals surface area contributed by atoms with E-state index in [2.05, 4.69) is 20.8 Å². The van der Waals surface area contributed by atoms with Crippen LogP contribution in [0.1, 0.15) is 25.8 Å². The predicted octanol–water partition coefficient (Wildman–Crippen LogP) is -0.324. The van der Waals surface area contributed by atoms with Crippen molar-refractivity contribution >= 4 is 11.9 Å². The molecular weight excluding hydrogens is 222 g/mol. The molecule has 17 heavy (non-hydrogen) atoms. The van der Waals surface area contributed by atoms with Gasteiger partial charge in [-0.2, -0.15) is 0 Å². The van der Waals surface area contributed by atoms with Crippen molar-refractivity contribution in [2.24, 2.45) is 0 Å². The fourth-order valence-corrected chi connectivity index (χ4v) is 1.72. The highest BCUT2D eigenvalue weighted by atomic mass is 16.4. The quantitative estimate of drug-likeness (QED) is 0.749. The largest absolute Gasteiger partial charge is 0.406 e. The minimum absolute atomic E-state index is 0.0178. The third-order valence-electron chi connectivity index (χ3n) is 2.62. The van der Waals surface area contributed by atoms with Gasteiger partial charge in [-0.3, -0.25) is 4.79 Å². The Kier molecular flexibility index (Phi) is 3.58. The molecule has 1 saturated heterocycles. The molecule has 1 aliphatic rings. The lowest BCUT2D eigenvalue weighted by atomic mass is 10.3. The standard InChI is InChI=1S/C10H17N5O2/c1-3-11-7(2)9-13-14-10(17-9)15-5-4-12-8(16)6-15/h7,11H,3-6H2,1-2H3,(H,12,16). The van der Waals surface area contributed by atoms with E-state index in [1.165, 1.54) is 0 Å². The molecule has 1 amide bonds. The third-order valence-corrected chi connectivity index (χ3v) is 2.62. The lowest BCUT2D eigenvalue weighted by Gasteiger charge is -2.24. The molecule has 0 saturated carbocycles. The molecule has 1 aliphatic heterocycles. The Balaban J connectivity index is 2.04. The first-order chi connectivity index (χ1) is 8.20. The van der Waals surface area contributed by atoms with E-state index in [0.717, 1.165) is 6.54 Å². The molecule has 1 fully saturated rings. The van der Waals surface area contributed by atoms with Gasteiger partial charge >= 0.3 is 6.01 Å². The normalized spacial score (nSPS) is 18.0. The second-order valence-electron chi connectivity index (χ2n) is 3.97. The van der Waals surface area contributed by atoms with Gasteiger partial charge in [0.15, 0.2) is 0 Å². The van der Waals surface area contributed by atoms with Crippen molar-refractivity contribution in [3.8, 4) is 0 Å². The summed E-state index contributed by atoms with van der Waals surface area (Å²) in [6, 6.07) is 0.444. The van der Waals surface area contributed by atoms with Crippen LogP contribution in [-0.2, 0) is 4.79 Å². The van der Waals surface area contributed by atoms with Crippen LogP contribution in [0.2, 0.25) is 0 Å². The minimum atomic E-state index is -0.0178. The summed E-state index contributed by atoms with van der Waals surface area (Å²) in [5, 5.41) is 13.9. The number of anilines is 1. The van der Waals surface area contributed by atoms with Gasteiger partial charge in [0.2, 0.25) is 11.8 Å². The monoisotopic (exact) mass is 239 g/mol. The lowest BCUT2D eigenvalue weighted by molar-refractivity contribution is -0.120. The molecule has 1 aromatic rings. The fraction of sp³-hybridized carbons (Fsp3) is 0.700. The van der Waals surface area contributed by atoms with Crippen LogP contribution in [0, 0.1) is 0 Å². The highest BCUT2D eigenvalue weighted by Crippen LogP contribution is 2.17. The van der Waals surface area contributed by atoms with Gasteiger partial charge in [0, 0.05) is 13.1 Å². The topological polar surface area (TPSA) is 83.3 Å². The molecule has 2 rings (SSSR count). The van der Waals surface area contributed by atoms with Crippen LogP contribution in [0.5, 0.6) is 0 Å².